The SMILES string of the molecule is NNC(Cc1ccc2c(c1)CCC2)c1cc(Br)ccc1N. The standard InChI is InChI=1S/C17H20BrN3/c18-14-6-7-16(19)15(10-14)17(21-20)9-11-4-5-12-2-1-3-13(12)8-11/h4-8,10,17,21H,1-3,9,19-20H2. The number of benzene rings is 2. The van der Waals surface area contributed by atoms with E-state index in [0.717, 1.165) is 22.1 Å². The summed E-state index contributed by atoms with van der Waals surface area (Å²) in [4.78, 5) is 0. The van der Waals surface area contributed by atoms with Crippen molar-refractivity contribution in [3.63, 3.8) is 0 Å². The van der Waals surface area contributed by atoms with Crippen molar-refractivity contribution in [2.75, 3.05) is 5.73 Å². The molecule has 5 N–H and O–H groups in total. The van der Waals surface area contributed by atoms with Gasteiger partial charge in [-0.1, -0.05) is 34.1 Å². The van der Waals surface area contributed by atoms with Crippen LogP contribution in [-0.2, 0) is 19.3 Å². The minimum absolute atomic E-state index is 0.0157. The largest absolute Gasteiger partial charge is 0.398 e. The predicted octanol–water partition coefficient (Wildman–Crippen LogP) is 3.27. The van der Waals surface area contributed by atoms with Crippen LogP contribution < -0.4 is 17.0 Å². The molecule has 1 aliphatic carbocycles. The van der Waals surface area contributed by atoms with Gasteiger partial charge in [-0.25, -0.2) is 0 Å². The Morgan fingerprint density at radius 2 is 1.90 bits per heavy atom. The minimum atomic E-state index is 0.0157. The minimum Gasteiger partial charge on any atom is -0.398 e. The van der Waals surface area contributed by atoms with Crippen LogP contribution in [0.2, 0.25) is 0 Å². The Morgan fingerprint density at radius 3 is 2.71 bits per heavy atom. The van der Waals surface area contributed by atoms with Crippen LogP contribution in [0.5, 0.6) is 0 Å². The highest BCUT2D eigenvalue weighted by Crippen LogP contribution is 2.29. The first-order chi connectivity index (χ1) is 10.2. The molecule has 3 nitrogen and oxygen atoms in total. The lowest BCUT2D eigenvalue weighted by Gasteiger charge is -2.19. The number of nitrogen functional groups attached to an aromatic ring is 1. The molecule has 0 saturated carbocycles. The third-order valence-corrected chi connectivity index (χ3v) is 4.72. The molecule has 1 unspecified atom stereocenters. The molecule has 110 valence electrons. The van der Waals surface area contributed by atoms with E-state index in [4.69, 9.17) is 11.6 Å². The van der Waals surface area contributed by atoms with Gasteiger partial charge in [-0.15, -0.1) is 0 Å². The summed E-state index contributed by atoms with van der Waals surface area (Å²) in [5.41, 5.74) is 15.1. The summed E-state index contributed by atoms with van der Waals surface area (Å²) >= 11 is 3.50. The fourth-order valence-electron chi connectivity index (χ4n) is 3.09. The zero-order chi connectivity index (χ0) is 14.8. The molecule has 4 heteroatoms. The summed E-state index contributed by atoms with van der Waals surface area (Å²) in [6.45, 7) is 0. The topological polar surface area (TPSA) is 64.1 Å². The van der Waals surface area contributed by atoms with E-state index in [1.54, 1.807) is 0 Å². The summed E-state index contributed by atoms with van der Waals surface area (Å²) in [5, 5.41) is 0. The van der Waals surface area contributed by atoms with Gasteiger partial charge in [-0.3, -0.25) is 11.3 Å². The smallest absolute Gasteiger partial charge is 0.0521 e. The van der Waals surface area contributed by atoms with E-state index in [1.165, 1.54) is 36.0 Å². The number of halogens is 1. The highest BCUT2D eigenvalue weighted by molar-refractivity contribution is 9.10. The molecule has 3 rings (SSSR count). The van der Waals surface area contributed by atoms with Crippen molar-refractivity contribution in [1.29, 1.82) is 0 Å². The maximum absolute atomic E-state index is 6.09. The molecule has 0 spiro atoms. The second-order valence-electron chi connectivity index (χ2n) is 5.65. The molecule has 1 aliphatic rings. The molecular weight excluding hydrogens is 326 g/mol. The normalized spacial score (nSPS) is 15.0. The van der Waals surface area contributed by atoms with Crippen LogP contribution in [0.4, 0.5) is 5.69 Å². The van der Waals surface area contributed by atoms with Crippen molar-refractivity contribution in [2.24, 2.45) is 5.84 Å². The first-order valence-corrected chi connectivity index (χ1v) is 8.08. The molecule has 0 aliphatic heterocycles. The zero-order valence-electron chi connectivity index (χ0n) is 11.9. The molecule has 21 heavy (non-hydrogen) atoms. The third-order valence-electron chi connectivity index (χ3n) is 4.23. The van der Waals surface area contributed by atoms with E-state index in [1.807, 2.05) is 18.2 Å². The van der Waals surface area contributed by atoms with Gasteiger partial charge < -0.3 is 5.73 Å². The van der Waals surface area contributed by atoms with Gasteiger partial charge in [0.2, 0.25) is 0 Å². The molecular formula is C17H20BrN3. The van der Waals surface area contributed by atoms with Gasteiger partial charge >= 0.3 is 0 Å². The fraction of sp³-hybridized carbons (Fsp3) is 0.294. The average Bonchev–Trinajstić information content (AvgIpc) is 2.95. The van der Waals surface area contributed by atoms with Gasteiger partial charge in [0.15, 0.2) is 0 Å². The van der Waals surface area contributed by atoms with Crippen molar-refractivity contribution in [1.82, 2.24) is 5.43 Å². The van der Waals surface area contributed by atoms with Crippen molar-refractivity contribution in [3.8, 4) is 0 Å². The van der Waals surface area contributed by atoms with Gasteiger partial charge in [0.05, 0.1) is 6.04 Å². The van der Waals surface area contributed by atoms with E-state index in [9.17, 15) is 0 Å². The second-order valence-corrected chi connectivity index (χ2v) is 6.57. The number of rotatable bonds is 4. The highest BCUT2D eigenvalue weighted by atomic mass is 79.9. The van der Waals surface area contributed by atoms with Crippen LogP contribution in [0, 0.1) is 0 Å². The van der Waals surface area contributed by atoms with Gasteiger partial charge in [0.1, 0.15) is 0 Å². The first kappa shape index (κ1) is 14.6. The summed E-state index contributed by atoms with van der Waals surface area (Å²) < 4.78 is 1.01. The molecule has 0 bridgehead atoms. The monoisotopic (exact) mass is 345 g/mol. The van der Waals surface area contributed by atoms with E-state index in [-0.39, 0.29) is 6.04 Å². The van der Waals surface area contributed by atoms with Crippen LogP contribution in [0.1, 0.15) is 34.7 Å². The van der Waals surface area contributed by atoms with E-state index >= 15 is 0 Å². The number of hydrogen-bond acceptors (Lipinski definition) is 3. The summed E-state index contributed by atoms with van der Waals surface area (Å²) in [6.07, 6.45) is 4.52. The van der Waals surface area contributed by atoms with Crippen molar-refractivity contribution in [2.45, 2.75) is 31.7 Å². The highest BCUT2D eigenvalue weighted by Gasteiger charge is 2.16. The summed E-state index contributed by atoms with van der Waals surface area (Å²) in [5.74, 6) is 5.76. The van der Waals surface area contributed by atoms with Crippen LogP contribution in [0.15, 0.2) is 40.9 Å². The lowest BCUT2D eigenvalue weighted by Crippen LogP contribution is -2.30. The maximum Gasteiger partial charge on any atom is 0.0521 e. The zero-order valence-corrected chi connectivity index (χ0v) is 13.5. The van der Waals surface area contributed by atoms with Crippen molar-refractivity contribution in [3.05, 3.63) is 63.1 Å². The summed E-state index contributed by atoms with van der Waals surface area (Å²) in [7, 11) is 0. The number of aryl methyl sites for hydroxylation is 2. The number of hydrogen-bond donors (Lipinski definition) is 3. The van der Waals surface area contributed by atoms with Crippen molar-refractivity contribution < 1.29 is 0 Å². The lowest BCUT2D eigenvalue weighted by atomic mass is 9.96. The molecule has 0 heterocycles. The molecule has 1 atom stereocenters. The Morgan fingerprint density at radius 1 is 1.10 bits per heavy atom. The Balaban J connectivity index is 1.86. The number of nitrogens with one attached hydrogen (secondary N) is 1. The Labute approximate surface area is 133 Å². The fourth-order valence-corrected chi connectivity index (χ4v) is 3.47. The maximum atomic E-state index is 6.09. The quantitative estimate of drug-likeness (QED) is 0.452. The average molecular weight is 346 g/mol. The van der Waals surface area contributed by atoms with E-state index < -0.39 is 0 Å². The molecule has 0 fully saturated rings. The third kappa shape index (κ3) is 3.12. The molecule has 0 saturated heterocycles. The van der Waals surface area contributed by atoms with Crippen LogP contribution in [0.3, 0.4) is 0 Å². The number of hydrazine groups is 1. The Kier molecular flexibility index (Phi) is 4.29. The molecule has 0 amide bonds. The molecule has 0 radical (unpaired) electrons. The number of anilines is 1. The van der Waals surface area contributed by atoms with Gasteiger partial charge in [0.25, 0.3) is 0 Å². The Hall–Kier alpha value is -1.36. The van der Waals surface area contributed by atoms with Gasteiger partial charge in [0, 0.05) is 10.2 Å². The van der Waals surface area contributed by atoms with E-state index in [2.05, 4.69) is 39.6 Å². The number of nitrogens with two attached hydrogens (primary N) is 2. The van der Waals surface area contributed by atoms with Gasteiger partial charge in [-0.2, -0.15) is 0 Å². The van der Waals surface area contributed by atoms with Crippen LogP contribution in [0.25, 0.3) is 0 Å². The first-order valence-electron chi connectivity index (χ1n) is 7.29. The van der Waals surface area contributed by atoms with Gasteiger partial charge in [-0.05, 0) is 66.1 Å². The lowest BCUT2D eigenvalue weighted by molar-refractivity contribution is 0.553. The molecule has 2 aromatic carbocycles. The summed E-state index contributed by atoms with van der Waals surface area (Å²) in [6, 6.07) is 12.7. The van der Waals surface area contributed by atoms with Crippen LogP contribution >= 0.6 is 15.9 Å². The molecule has 2 aromatic rings. The Bertz CT molecular complexity index is 654. The van der Waals surface area contributed by atoms with Crippen LogP contribution in [-0.4, -0.2) is 0 Å². The number of fused-ring (bicyclic) bond motifs is 1. The predicted molar refractivity (Wildman–Crippen MR) is 90.8 cm³/mol. The molecule has 0 aromatic heterocycles. The van der Waals surface area contributed by atoms with E-state index in [0.29, 0.717) is 0 Å². The van der Waals surface area contributed by atoms with Crippen molar-refractivity contribution >= 4 is 21.6 Å². The second kappa shape index (κ2) is 6.18.